The molecule has 8 nitrogen and oxygen atoms in total. The van der Waals surface area contributed by atoms with Crippen molar-refractivity contribution in [3.05, 3.63) is 24.3 Å². The van der Waals surface area contributed by atoms with Crippen LogP contribution < -0.4 is 21.1 Å². The van der Waals surface area contributed by atoms with Gasteiger partial charge in [0, 0.05) is 24.5 Å². The van der Waals surface area contributed by atoms with E-state index in [9.17, 15) is 18.0 Å². The van der Waals surface area contributed by atoms with Gasteiger partial charge in [0.05, 0.1) is 4.90 Å². The standard InChI is InChI=1S/C12H16N4O4S2/c13-4-5-14-22(19,20)9-3-1-2-8(6-9)15-11(17)10-7-21-12(18)16-10/h1-3,6,10,14H,4-5,7,13H2,(H,15,17)(H,16,18)/t10-/m0/s1. The molecule has 1 aromatic carbocycles. The third-order valence-corrected chi connectivity index (χ3v) is 5.18. The van der Waals surface area contributed by atoms with Crippen LogP contribution >= 0.6 is 11.8 Å². The van der Waals surface area contributed by atoms with E-state index >= 15 is 0 Å². The maximum atomic E-state index is 12.0. The van der Waals surface area contributed by atoms with Crippen molar-refractivity contribution in [2.24, 2.45) is 5.73 Å². The molecule has 0 aromatic heterocycles. The molecular weight excluding hydrogens is 328 g/mol. The molecule has 120 valence electrons. The summed E-state index contributed by atoms with van der Waals surface area (Å²) >= 11 is 1.03. The molecule has 2 rings (SSSR count). The summed E-state index contributed by atoms with van der Waals surface area (Å²) in [5.41, 5.74) is 5.61. The third kappa shape index (κ3) is 4.19. The van der Waals surface area contributed by atoms with Gasteiger partial charge in [-0.05, 0) is 18.2 Å². The maximum Gasteiger partial charge on any atom is 0.279 e. The van der Waals surface area contributed by atoms with Gasteiger partial charge in [-0.2, -0.15) is 0 Å². The van der Waals surface area contributed by atoms with Gasteiger partial charge >= 0.3 is 0 Å². The highest BCUT2D eigenvalue weighted by Crippen LogP contribution is 2.18. The van der Waals surface area contributed by atoms with Gasteiger partial charge in [-0.15, -0.1) is 0 Å². The molecule has 1 saturated heterocycles. The Hall–Kier alpha value is -1.62. The fourth-order valence-electron chi connectivity index (χ4n) is 1.77. The second-order valence-electron chi connectivity index (χ2n) is 4.50. The van der Waals surface area contributed by atoms with E-state index in [2.05, 4.69) is 15.4 Å². The van der Waals surface area contributed by atoms with E-state index in [0.717, 1.165) is 11.8 Å². The summed E-state index contributed by atoms with van der Waals surface area (Å²) in [6, 6.07) is 5.24. The zero-order valence-electron chi connectivity index (χ0n) is 11.5. The highest BCUT2D eigenvalue weighted by Gasteiger charge is 2.28. The number of benzene rings is 1. The molecule has 0 radical (unpaired) electrons. The lowest BCUT2D eigenvalue weighted by Gasteiger charge is -2.11. The van der Waals surface area contributed by atoms with Crippen LogP contribution in [0.1, 0.15) is 0 Å². The highest BCUT2D eigenvalue weighted by molar-refractivity contribution is 8.14. The molecule has 1 fully saturated rings. The molecule has 2 amide bonds. The number of thioether (sulfide) groups is 1. The number of nitrogens with one attached hydrogen (secondary N) is 3. The number of nitrogens with two attached hydrogens (primary N) is 1. The van der Waals surface area contributed by atoms with E-state index in [1.807, 2.05) is 0 Å². The molecule has 0 bridgehead atoms. The average Bonchev–Trinajstić information content (AvgIpc) is 2.92. The zero-order valence-corrected chi connectivity index (χ0v) is 13.2. The Morgan fingerprint density at radius 1 is 1.45 bits per heavy atom. The van der Waals surface area contributed by atoms with E-state index in [1.54, 1.807) is 6.07 Å². The van der Waals surface area contributed by atoms with Crippen LogP contribution in [0, 0.1) is 0 Å². The fourth-order valence-corrected chi connectivity index (χ4v) is 3.64. The van der Waals surface area contributed by atoms with Crippen LogP contribution in [0.4, 0.5) is 10.5 Å². The average molecular weight is 344 g/mol. The normalized spacial score (nSPS) is 18.0. The van der Waals surface area contributed by atoms with Crippen LogP contribution in [0.3, 0.4) is 0 Å². The summed E-state index contributed by atoms with van der Waals surface area (Å²) in [6.07, 6.45) is 0. The SMILES string of the molecule is NCCNS(=O)(=O)c1cccc(NC(=O)[C@@H]2CSC(=O)N2)c1. The monoisotopic (exact) mass is 344 g/mol. The van der Waals surface area contributed by atoms with Crippen LogP contribution in [-0.2, 0) is 14.8 Å². The second-order valence-corrected chi connectivity index (χ2v) is 7.26. The molecule has 0 unspecified atom stereocenters. The summed E-state index contributed by atoms with van der Waals surface area (Å²) < 4.78 is 26.3. The van der Waals surface area contributed by atoms with Gasteiger partial charge in [-0.25, -0.2) is 13.1 Å². The largest absolute Gasteiger partial charge is 0.334 e. The van der Waals surface area contributed by atoms with Crippen LogP contribution in [0.2, 0.25) is 0 Å². The first-order chi connectivity index (χ1) is 10.4. The lowest BCUT2D eigenvalue weighted by molar-refractivity contribution is -0.117. The Morgan fingerprint density at radius 3 is 2.86 bits per heavy atom. The molecular formula is C12H16N4O4S2. The van der Waals surface area contributed by atoms with E-state index in [1.165, 1.54) is 18.2 Å². The molecule has 1 atom stereocenters. The van der Waals surface area contributed by atoms with Crippen molar-refractivity contribution in [2.45, 2.75) is 10.9 Å². The van der Waals surface area contributed by atoms with Gasteiger partial charge in [0.2, 0.25) is 15.9 Å². The molecule has 22 heavy (non-hydrogen) atoms. The van der Waals surface area contributed by atoms with Crippen molar-refractivity contribution >= 4 is 38.6 Å². The quantitative estimate of drug-likeness (QED) is 0.560. The van der Waals surface area contributed by atoms with Crippen LogP contribution in [0.15, 0.2) is 29.2 Å². The first-order valence-corrected chi connectivity index (χ1v) is 8.93. The number of amides is 2. The number of hydrogen-bond acceptors (Lipinski definition) is 6. The molecule has 1 aromatic rings. The zero-order chi connectivity index (χ0) is 16.2. The van der Waals surface area contributed by atoms with Crippen molar-refractivity contribution < 1.29 is 18.0 Å². The van der Waals surface area contributed by atoms with Gasteiger partial charge in [-0.1, -0.05) is 17.8 Å². The number of sulfonamides is 1. The van der Waals surface area contributed by atoms with Crippen LogP contribution in [-0.4, -0.2) is 44.4 Å². The van der Waals surface area contributed by atoms with Crippen molar-refractivity contribution in [2.75, 3.05) is 24.2 Å². The summed E-state index contributed by atoms with van der Waals surface area (Å²) in [7, 11) is -3.66. The Morgan fingerprint density at radius 2 is 2.23 bits per heavy atom. The van der Waals surface area contributed by atoms with Gasteiger partial charge < -0.3 is 16.4 Å². The Kier molecular flexibility index (Phi) is 5.40. The molecule has 1 aliphatic rings. The minimum absolute atomic E-state index is 0.0311. The van der Waals surface area contributed by atoms with Crippen molar-refractivity contribution in [3.8, 4) is 0 Å². The maximum absolute atomic E-state index is 12.0. The Balaban J connectivity index is 2.08. The van der Waals surface area contributed by atoms with E-state index in [-0.39, 0.29) is 29.1 Å². The number of anilines is 1. The lowest BCUT2D eigenvalue weighted by Crippen LogP contribution is -2.38. The summed E-state index contributed by atoms with van der Waals surface area (Å²) in [4.78, 5) is 23.1. The molecule has 0 aliphatic carbocycles. The molecule has 5 N–H and O–H groups in total. The van der Waals surface area contributed by atoms with Crippen molar-refractivity contribution in [3.63, 3.8) is 0 Å². The Labute approximate surface area is 132 Å². The van der Waals surface area contributed by atoms with Crippen LogP contribution in [0.25, 0.3) is 0 Å². The van der Waals surface area contributed by atoms with Crippen molar-refractivity contribution in [1.29, 1.82) is 0 Å². The topological polar surface area (TPSA) is 130 Å². The molecule has 1 aliphatic heterocycles. The van der Waals surface area contributed by atoms with Gasteiger partial charge in [0.15, 0.2) is 0 Å². The smallest absolute Gasteiger partial charge is 0.279 e. The molecule has 10 heteroatoms. The van der Waals surface area contributed by atoms with Gasteiger partial charge in [-0.3, -0.25) is 9.59 Å². The van der Waals surface area contributed by atoms with Gasteiger partial charge in [0.1, 0.15) is 6.04 Å². The fraction of sp³-hybridized carbons (Fsp3) is 0.333. The molecule has 0 saturated carbocycles. The predicted molar refractivity (Wildman–Crippen MR) is 84.1 cm³/mol. The minimum atomic E-state index is -3.66. The van der Waals surface area contributed by atoms with E-state index in [4.69, 9.17) is 5.73 Å². The first kappa shape index (κ1) is 16.7. The molecule has 1 heterocycles. The highest BCUT2D eigenvalue weighted by atomic mass is 32.2. The predicted octanol–water partition coefficient (Wildman–Crippen LogP) is -0.313. The number of rotatable bonds is 6. The third-order valence-electron chi connectivity index (χ3n) is 2.84. The van der Waals surface area contributed by atoms with Gasteiger partial charge in [0.25, 0.3) is 5.24 Å². The number of hydrogen-bond donors (Lipinski definition) is 4. The summed E-state index contributed by atoms with van der Waals surface area (Å²) in [5.74, 6) is -0.0384. The van der Waals surface area contributed by atoms with E-state index < -0.39 is 16.1 Å². The Bertz CT molecular complexity index is 677. The first-order valence-electron chi connectivity index (χ1n) is 6.46. The number of carbonyl (C=O) groups excluding carboxylic acids is 2. The minimum Gasteiger partial charge on any atom is -0.334 e. The second kappa shape index (κ2) is 7.09. The van der Waals surface area contributed by atoms with Crippen LogP contribution in [0.5, 0.6) is 0 Å². The molecule has 0 spiro atoms. The van der Waals surface area contributed by atoms with E-state index in [0.29, 0.717) is 11.4 Å². The van der Waals surface area contributed by atoms with Crippen molar-refractivity contribution in [1.82, 2.24) is 10.0 Å². The number of carbonyl (C=O) groups is 2. The lowest BCUT2D eigenvalue weighted by atomic mass is 10.2. The summed E-state index contributed by atoms with van der Waals surface area (Å²) in [6.45, 7) is 0.318. The summed E-state index contributed by atoms with van der Waals surface area (Å²) in [5, 5.41) is 4.86.